The van der Waals surface area contributed by atoms with E-state index in [1.165, 1.54) is 0 Å². The van der Waals surface area contributed by atoms with Gasteiger partial charge in [-0.3, -0.25) is 0 Å². The Bertz CT molecular complexity index is 346. The van der Waals surface area contributed by atoms with Crippen LogP contribution in [-0.4, -0.2) is 24.7 Å². The molecule has 1 unspecified atom stereocenters. The van der Waals surface area contributed by atoms with Gasteiger partial charge in [-0.25, -0.2) is 0 Å². The summed E-state index contributed by atoms with van der Waals surface area (Å²) in [5, 5.41) is 4.22. The molecule has 0 fully saturated rings. The maximum atomic E-state index is 6.17. The van der Waals surface area contributed by atoms with Crippen LogP contribution in [-0.2, 0) is 6.54 Å². The molecular weight excluding hydrogens is 254 g/mol. The van der Waals surface area contributed by atoms with E-state index in [0.717, 1.165) is 34.4 Å². The molecule has 0 spiro atoms. The molecule has 17 heavy (non-hydrogen) atoms. The van der Waals surface area contributed by atoms with E-state index in [2.05, 4.69) is 19.2 Å². The zero-order valence-electron chi connectivity index (χ0n) is 10.6. The Balaban J connectivity index is 2.56. The van der Waals surface area contributed by atoms with Crippen molar-refractivity contribution in [3.05, 3.63) is 28.8 Å². The highest BCUT2D eigenvalue weighted by Gasteiger charge is 2.08. The molecule has 0 aliphatic heterocycles. The molecule has 1 aromatic rings. The van der Waals surface area contributed by atoms with Crippen LogP contribution in [0.15, 0.2) is 18.2 Å². The molecule has 0 aliphatic rings. The highest BCUT2D eigenvalue weighted by atomic mass is 35.5. The van der Waals surface area contributed by atoms with E-state index in [-0.39, 0.29) is 0 Å². The topological polar surface area (TPSA) is 21.3 Å². The van der Waals surface area contributed by atoms with Gasteiger partial charge in [0.05, 0.1) is 7.11 Å². The molecule has 0 radical (unpaired) electrons. The molecule has 0 amide bonds. The Morgan fingerprint density at radius 2 is 2.24 bits per heavy atom. The number of hydrogen-bond acceptors (Lipinski definition) is 3. The highest BCUT2D eigenvalue weighted by molar-refractivity contribution is 7.99. The Labute approximate surface area is 113 Å². The molecule has 1 rings (SSSR count). The first-order valence-corrected chi connectivity index (χ1v) is 7.34. The normalized spacial score (nSPS) is 12.5. The van der Waals surface area contributed by atoms with Gasteiger partial charge in [0.25, 0.3) is 0 Å². The number of hydrogen-bond donors (Lipinski definition) is 1. The lowest BCUT2D eigenvalue weighted by atomic mass is 10.2. The van der Waals surface area contributed by atoms with Gasteiger partial charge in [-0.15, -0.1) is 0 Å². The van der Waals surface area contributed by atoms with Crippen LogP contribution in [0.25, 0.3) is 0 Å². The Hall–Kier alpha value is -0.380. The lowest BCUT2D eigenvalue weighted by Gasteiger charge is -2.15. The van der Waals surface area contributed by atoms with Gasteiger partial charge in [0, 0.05) is 28.9 Å². The second kappa shape index (κ2) is 7.85. The number of benzene rings is 1. The number of halogens is 1. The molecule has 96 valence electrons. The molecule has 2 nitrogen and oxygen atoms in total. The number of nitrogens with one attached hydrogen (secondary N) is 1. The minimum Gasteiger partial charge on any atom is -0.496 e. The minimum absolute atomic E-state index is 0.473. The molecule has 0 saturated heterocycles. The quantitative estimate of drug-likeness (QED) is 0.821. The van der Waals surface area contributed by atoms with E-state index in [1.54, 1.807) is 7.11 Å². The Kier molecular flexibility index (Phi) is 6.78. The minimum atomic E-state index is 0.473. The number of methoxy groups -OCH3 is 1. The second-order valence-electron chi connectivity index (χ2n) is 3.86. The van der Waals surface area contributed by atoms with Gasteiger partial charge in [-0.05, 0) is 24.8 Å². The Morgan fingerprint density at radius 3 is 2.88 bits per heavy atom. The van der Waals surface area contributed by atoms with E-state index in [1.807, 2.05) is 30.0 Å². The van der Waals surface area contributed by atoms with Gasteiger partial charge in [0.1, 0.15) is 5.75 Å². The third kappa shape index (κ3) is 4.78. The zero-order chi connectivity index (χ0) is 12.7. The fourth-order valence-electron chi connectivity index (χ4n) is 1.53. The third-order valence-corrected chi connectivity index (χ3v) is 3.99. The van der Waals surface area contributed by atoms with Crippen LogP contribution in [0.2, 0.25) is 5.02 Å². The Morgan fingerprint density at radius 1 is 1.47 bits per heavy atom. The van der Waals surface area contributed by atoms with Gasteiger partial charge in [-0.1, -0.05) is 24.6 Å². The zero-order valence-corrected chi connectivity index (χ0v) is 12.2. The van der Waals surface area contributed by atoms with Crippen molar-refractivity contribution in [1.29, 1.82) is 0 Å². The van der Waals surface area contributed by atoms with Gasteiger partial charge in [0.2, 0.25) is 0 Å². The summed E-state index contributed by atoms with van der Waals surface area (Å²) in [5.41, 5.74) is 1.03. The van der Waals surface area contributed by atoms with E-state index in [0.29, 0.717) is 6.04 Å². The van der Waals surface area contributed by atoms with Crippen molar-refractivity contribution in [3.8, 4) is 5.75 Å². The van der Waals surface area contributed by atoms with Crippen LogP contribution in [0.1, 0.15) is 19.4 Å². The summed E-state index contributed by atoms with van der Waals surface area (Å²) >= 11 is 8.11. The predicted octanol–water partition coefficient (Wildman–Crippen LogP) is 3.58. The van der Waals surface area contributed by atoms with Crippen molar-refractivity contribution in [2.75, 3.05) is 18.6 Å². The smallest absolute Gasteiger partial charge is 0.124 e. The van der Waals surface area contributed by atoms with Crippen LogP contribution in [0.3, 0.4) is 0 Å². The van der Waals surface area contributed by atoms with Crippen LogP contribution in [0.5, 0.6) is 5.75 Å². The van der Waals surface area contributed by atoms with Crippen LogP contribution >= 0.6 is 23.4 Å². The van der Waals surface area contributed by atoms with Crippen molar-refractivity contribution >= 4 is 23.4 Å². The van der Waals surface area contributed by atoms with E-state index in [4.69, 9.17) is 16.3 Å². The van der Waals surface area contributed by atoms with Gasteiger partial charge < -0.3 is 10.1 Å². The van der Waals surface area contributed by atoms with Gasteiger partial charge >= 0.3 is 0 Å². The lowest BCUT2D eigenvalue weighted by molar-refractivity contribution is 0.406. The first-order chi connectivity index (χ1) is 8.19. The van der Waals surface area contributed by atoms with Crippen LogP contribution in [0.4, 0.5) is 0 Å². The summed E-state index contributed by atoms with van der Waals surface area (Å²) in [7, 11) is 1.67. The average Bonchev–Trinajstić information content (AvgIpc) is 2.34. The fourth-order valence-corrected chi connectivity index (χ4v) is 2.47. The molecule has 0 heterocycles. The average molecular weight is 274 g/mol. The standard InChI is InChI=1S/C13H20ClNOS/c1-4-17-9-10(2)15-8-11-12(14)6-5-7-13(11)16-3/h5-7,10,15H,4,8-9H2,1-3H3. The van der Waals surface area contributed by atoms with Crippen molar-refractivity contribution < 1.29 is 4.74 Å². The summed E-state index contributed by atoms with van der Waals surface area (Å²) in [6.07, 6.45) is 0. The van der Waals surface area contributed by atoms with Gasteiger partial charge in [0.15, 0.2) is 0 Å². The summed E-state index contributed by atoms with van der Waals surface area (Å²) in [5.74, 6) is 3.12. The van der Waals surface area contributed by atoms with E-state index in [9.17, 15) is 0 Å². The molecule has 1 atom stereocenters. The maximum absolute atomic E-state index is 6.17. The number of thioether (sulfide) groups is 1. The summed E-state index contributed by atoms with van der Waals surface area (Å²) in [4.78, 5) is 0. The molecule has 0 bridgehead atoms. The predicted molar refractivity (Wildman–Crippen MR) is 77.3 cm³/mol. The molecular formula is C13H20ClNOS. The van der Waals surface area contributed by atoms with Gasteiger partial charge in [-0.2, -0.15) is 11.8 Å². The largest absolute Gasteiger partial charge is 0.496 e. The number of rotatable bonds is 7. The third-order valence-electron chi connectivity index (χ3n) is 2.50. The lowest BCUT2D eigenvalue weighted by Crippen LogP contribution is -2.28. The molecule has 0 aromatic heterocycles. The number of ether oxygens (including phenoxy) is 1. The SMILES string of the molecule is CCSCC(C)NCc1c(Cl)cccc1OC. The van der Waals surface area contributed by atoms with Crippen molar-refractivity contribution in [2.45, 2.75) is 26.4 Å². The van der Waals surface area contributed by atoms with Crippen LogP contribution in [0, 0.1) is 0 Å². The van der Waals surface area contributed by atoms with Crippen molar-refractivity contribution in [3.63, 3.8) is 0 Å². The first kappa shape index (κ1) is 14.7. The van der Waals surface area contributed by atoms with E-state index < -0.39 is 0 Å². The first-order valence-electron chi connectivity index (χ1n) is 5.81. The summed E-state index contributed by atoms with van der Waals surface area (Å²) < 4.78 is 5.31. The van der Waals surface area contributed by atoms with Crippen molar-refractivity contribution in [1.82, 2.24) is 5.32 Å². The summed E-state index contributed by atoms with van der Waals surface area (Å²) in [6, 6.07) is 6.21. The van der Waals surface area contributed by atoms with Crippen molar-refractivity contribution in [2.24, 2.45) is 0 Å². The fraction of sp³-hybridized carbons (Fsp3) is 0.538. The maximum Gasteiger partial charge on any atom is 0.124 e. The molecule has 1 aromatic carbocycles. The second-order valence-corrected chi connectivity index (χ2v) is 5.59. The molecule has 0 saturated carbocycles. The molecule has 4 heteroatoms. The molecule has 1 N–H and O–H groups in total. The summed E-state index contributed by atoms with van der Waals surface area (Å²) in [6.45, 7) is 5.11. The molecule has 0 aliphatic carbocycles. The van der Waals surface area contributed by atoms with E-state index >= 15 is 0 Å². The highest BCUT2D eigenvalue weighted by Crippen LogP contribution is 2.26. The van der Waals surface area contributed by atoms with Crippen LogP contribution < -0.4 is 10.1 Å². The monoisotopic (exact) mass is 273 g/mol.